The molecule has 1 saturated heterocycles. The van der Waals surface area contributed by atoms with Crippen LogP contribution in [-0.4, -0.2) is 22.3 Å². The Kier molecular flexibility index (Phi) is 3.01. The summed E-state index contributed by atoms with van der Waals surface area (Å²) in [5, 5.41) is 11.9. The molecule has 3 fully saturated rings. The summed E-state index contributed by atoms with van der Waals surface area (Å²) in [6.07, 6.45) is 8.43. The van der Waals surface area contributed by atoms with E-state index in [0.717, 1.165) is 38.5 Å². The first-order valence-corrected chi connectivity index (χ1v) is 9.36. The van der Waals surface area contributed by atoms with Crippen LogP contribution in [0.5, 0.6) is 0 Å². The molecule has 0 aromatic carbocycles. The van der Waals surface area contributed by atoms with Gasteiger partial charge in [-0.15, -0.1) is 0 Å². The van der Waals surface area contributed by atoms with E-state index >= 15 is 0 Å². The Bertz CT molecular complexity index is 590. The predicted molar refractivity (Wildman–Crippen MR) is 88.7 cm³/mol. The number of esters is 1. The van der Waals surface area contributed by atoms with Crippen LogP contribution in [0.4, 0.5) is 0 Å². The van der Waals surface area contributed by atoms with Gasteiger partial charge in [0.1, 0.15) is 11.0 Å². The third kappa shape index (κ3) is 1.63. The molecule has 0 aromatic heterocycles. The standard InChI is InChI=1S/C20H30O3/c1-13(2)14-6-11-20(22)18(12-14)10-7-15-17(3,4)8-5-9-19(15,20)16(21)23-18/h12-13,15,22H,5-11H2,1-4H3/t15?,18-,19+,20-/m1/s1. The Balaban J connectivity index is 1.89. The van der Waals surface area contributed by atoms with Crippen LogP contribution in [0.3, 0.4) is 0 Å². The maximum absolute atomic E-state index is 13.1. The monoisotopic (exact) mass is 318 g/mol. The van der Waals surface area contributed by atoms with Crippen LogP contribution in [0, 0.1) is 22.7 Å². The van der Waals surface area contributed by atoms with E-state index in [2.05, 4.69) is 33.8 Å². The van der Waals surface area contributed by atoms with Gasteiger partial charge < -0.3 is 9.84 Å². The lowest BCUT2D eigenvalue weighted by molar-refractivity contribution is -0.203. The zero-order chi connectivity index (χ0) is 16.7. The molecule has 1 aliphatic heterocycles. The van der Waals surface area contributed by atoms with Gasteiger partial charge in [-0.3, -0.25) is 4.79 Å². The van der Waals surface area contributed by atoms with Crippen LogP contribution in [0.1, 0.15) is 72.6 Å². The van der Waals surface area contributed by atoms with Gasteiger partial charge in [0.05, 0.1) is 0 Å². The van der Waals surface area contributed by atoms with E-state index < -0.39 is 16.6 Å². The lowest BCUT2D eigenvalue weighted by Crippen LogP contribution is -2.68. The fourth-order valence-corrected chi connectivity index (χ4v) is 6.53. The third-order valence-electron chi connectivity index (χ3n) is 7.75. The topological polar surface area (TPSA) is 46.5 Å². The molecular formula is C20H30O3. The Morgan fingerprint density at radius 3 is 2.65 bits per heavy atom. The zero-order valence-electron chi connectivity index (χ0n) is 14.9. The van der Waals surface area contributed by atoms with Crippen LogP contribution >= 0.6 is 0 Å². The number of hydrogen-bond acceptors (Lipinski definition) is 3. The Hall–Kier alpha value is -0.830. The van der Waals surface area contributed by atoms with Crippen LogP contribution < -0.4 is 0 Å². The molecule has 1 spiro atoms. The molecule has 3 aliphatic carbocycles. The van der Waals surface area contributed by atoms with E-state index in [1.54, 1.807) is 0 Å². The zero-order valence-corrected chi connectivity index (χ0v) is 14.9. The van der Waals surface area contributed by atoms with E-state index in [-0.39, 0.29) is 17.3 Å². The molecule has 3 nitrogen and oxygen atoms in total. The third-order valence-corrected chi connectivity index (χ3v) is 7.75. The fraction of sp³-hybridized carbons (Fsp3) is 0.850. The molecule has 2 saturated carbocycles. The summed E-state index contributed by atoms with van der Waals surface area (Å²) in [4.78, 5) is 13.1. The van der Waals surface area contributed by atoms with Gasteiger partial charge >= 0.3 is 5.97 Å². The summed E-state index contributed by atoms with van der Waals surface area (Å²) in [5.74, 6) is 0.576. The number of hydrogen-bond donors (Lipinski definition) is 1. The van der Waals surface area contributed by atoms with Gasteiger partial charge in [0.2, 0.25) is 0 Å². The van der Waals surface area contributed by atoms with Crippen molar-refractivity contribution in [3.8, 4) is 0 Å². The smallest absolute Gasteiger partial charge is 0.316 e. The second-order valence-corrected chi connectivity index (χ2v) is 9.42. The maximum Gasteiger partial charge on any atom is 0.316 e. The molecule has 1 N–H and O–H groups in total. The molecule has 1 heterocycles. The van der Waals surface area contributed by atoms with E-state index in [4.69, 9.17) is 4.74 Å². The molecule has 3 heteroatoms. The van der Waals surface area contributed by atoms with Crippen LogP contribution in [-0.2, 0) is 9.53 Å². The minimum absolute atomic E-state index is 0.103. The van der Waals surface area contributed by atoms with Crippen molar-refractivity contribution < 1.29 is 14.6 Å². The van der Waals surface area contributed by atoms with Crippen LogP contribution in [0.15, 0.2) is 11.6 Å². The van der Waals surface area contributed by atoms with Crippen LogP contribution in [0.2, 0.25) is 0 Å². The molecule has 4 aliphatic rings. The highest BCUT2D eigenvalue weighted by molar-refractivity contribution is 5.84. The highest BCUT2D eigenvalue weighted by Crippen LogP contribution is 2.71. The molecule has 1 unspecified atom stereocenters. The largest absolute Gasteiger partial charge is 0.451 e. The Morgan fingerprint density at radius 2 is 1.96 bits per heavy atom. The molecule has 0 radical (unpaired) electrons. The number of aliphatic hydroxyl groups is 1. The molecule has 4 rings (SSSR count). The number of carbonyl (C=O) groups is 1. The first kappa shape index (κ1) is 15.7. The van der Waals surface area contributed by atoms with Crippen molar-refractivity contribution in [2.24, 2.45) is 22.7 Å². The van der Waals surface area contributed by atoms with Gasteiger partial charge in [-0.25, -0.2) is 0 Å². The van der Waals surface area contributed by atoms with Crippen molar-refractivity contribution in [3.63, 3.8) is 0 Å². The summed E-state index contributed by atoms with van der Waals surface area (Å²) in [6, 6.07) is 0. The number of carbonyl (C=O) groups excluding carboxylic acids is 1. The highest BCUT2D eigenvalue weighted by Gasteiger charge is 2.79. The quantitative estimate of drug-likeness (QED) is 0.587. The summed E-state index contributed by atoms with van der Waals surface area (Å²) < 4.78 is 6.05. The summed E-state index contributed by atoms with van der Waals surface area (Å²) >= 11 is 0. The highest BCUT2D eigenvalue weighted by atomic mass is 16.6. The van der Waals surface area contributed by atoms with Crippen molar-refractivity contribution in [1.29, 1.82) is 0 Å². The van der Waals surface area contributed by atoms with Crippen molar-refractivity contribution in [3.05, 3.63) is 11.6 Å². The summed E-state index contributed by atoms with van der Waals surface area (Å²) in [6.45, 7) is 8.93. The fourth-order valence-electron chi connectivity index (χ4n) is 6.53. The van der Waals surface area contributed by atoms with E-state index in [0.29, 0.717) is 12.3 Å². The molecule has 4 atom stereocenters. The van der Waals surface area contributed by atoms with Gasteiger partial charge in [0.25, 0.3) is 0 Å². The van der Waals surface area contributed by atoms with Crippen molar-refractivity contribution in [2.45, 2.75) is 83.8 Å². The first-order valence-electron chi connectivity index (χ1n) is 9.36. The van der Waals surface area contributed by atoms with Crippen LogP contribution in [0.25, 0.3) is 0 Å². The minimum Gasteiger partial charge on any atom is -0.451 e. The van der Waals surface area contributed by atoms with Gasteiger partial charge in [-0.05, 0) is 61.9 Å². The molecule has 0 aromatic rings. The van der Waals surface area contributed by atoms with E-state index in [9.17, 15) is 9.90 Å². The Morgan fingerprint density at radius 1 is 1.22 bits per heavy atom. The van der Waals surface area contributed by atoms with Crippen molar-refractivity contribution in [2.75, 3.05) is 0 Å². The SMILES string of the molecule is CC(C)C1=C[C@@]23CCC4C(C)(C)CCC[C@]4(C(=O)O2)[C@@]3(O)CC1. The maximum atomic E-state index is 13.1. The van der Waals surface area contributed by atoms with Crippen molar-refractivity contribution in [1.82, 2.24) is 0 Å². The Labute approximate surface area is 139 Å². The second-order valence-electron chi connectivity index (χ2n) is 9.42. The summed E-state index contributed by atoms with van der Waals surface area (Å²) in [5.41, 5.74) is -0.993. The summed E-state index contributed by atoms with van der Waals surface area (Å²) in [7, 11) is 0. The minimum atomic E-state index is -1.00. The number of ether oxygens (including phenoxy) is 1. The lowest BCUT2D eigenvalue weighted by atomic mass is 9.42. The van der Waals surface area contributed by atoms with Gasteiger partial charge in [-0.1, -0.05) is 39.7 Å². The van der Waals surface area contributed by atoms with Crippen molar-refractivity contribution >= 4 is 5.97 Å². The molecule has 2 bridgehead atoms. The number of rotatable bonds is 1. The number of allylic oxidation sites excluding steroid dienone is 1. The van der Waals surface area contributed by atoms with E-state index in [1.165, 1.54) is 5.57 Å². The molecule has 23 heavy (non-hydrogen) atoms. The normalized spacial score (nSPS) is 47.7. The second kappa shape index (κ2) is 4.41. The molecule has 128 valence electrons. The molecular weight excluding hydrogens is 288 g/mol. The van der Waals surface area contributed by atoms with Gasteiger partial charge in [0, 0.05) is 0 Å². The lowest BCUT2D eigenvalue weighted by Gasteiger charge is -2.60. The average molecular weight is 318 g/mol. The predicted octanol–water partition coefficient (Wildman–Crippen LogP) is 4.00. The first-order chi connectivity index (χ1) is 10.7. The molecule has 0 amide bonds. The van der Waals surface area contributed by atoms with E-state index in [1.807, 2.05) is 0 Å². The van der Waals surface area contributed by atoms with Gasteiger partial charge in [-0.2, -0.15) is 0 Å². The average Bonchev–Trinajstić information content (AvgIpc) is 2.56. The van der Waals surface area contributed by atoms with Gasteiger partial charge in [0.15, 0.2) is 5.60 Å².